The second kappa shape index (κ2) is 7.98. The van der Waals surface area contributed by atoms with E-state index in [1.807, 2.05) is 37.3 Å². The van der Waals surface area contributed by atoms with Crippen molar-refractivity contribution in [3.63, 3.8) is 0 Å². The van der Waals surface area contributed by atoms with Gasteiger partial charge in [-0.25, -0.2) is 8.42 Å². The summed E-state index contributed by atoms with van der Waals surface area (Å²) in [6.45, 7) is 1.91. The van der Waals surface area contributed by atoms with E-state index in [-0.39, 0.29) is 4.90 Å². The molecule has 136 valence electrons. The van der Waals surface area contributed by atoms with Crippen molar-refractivity contribution in [3.05, 3.63) is 89.5 Å². The van der Waals surface area contributed by atoms with Crippen molar-refractivity contribution >= 4 is 15.7 Å². The Kier molecular flexibility index (Phi) is 5.49. The molecule has 0 unspecified atom stereocenters. The van der Waals surface area contributed by atoms with Crippen LogP contribution in [-0.2, 0) is 10.0 Å². The van der Waals surface area contributed by atoms with Gasteiger partial charge in [0, 0.05) is 11.1 Å². The van der Waals surface area contributed by atoms with Gasteiger partial charge in [-0.1, -0.05) is 47.7 Å². The van der Waals surface area contributed by atoms with Crippen LogP contribution in [0.25, 0.3) is 0 Å². The fourth-order valence-corrected chi connectivity index (χ4v) is 3.52. The zero-order valence-corrected chi connectivity index (χ0v) is 15.9. The Morgan fingerprint density at radius 1 is 0.889 bits per heavy atom. The van der Waals surface area contributed by atoms with E-state index in [0.717, 1.165) is 16.9 Å². The Balaban J connectivity index is 1.91. The smallest absolute Gasteiger partial charge is 0.261 e. The van der Waals surface area contributed by atoms with Gasteiger partial charge in [-0.15, -0.1) is 0 Å². The van der Waals surface area contributed by atoms with Crippen LogP contribution >= 0.6 is 0 Å². The Labute approximate surface area is 159 Å². The third-order valence-corrected chi connectivity index (χ3v) is 5.30. The summed E-state index contributed by atoms with van der Waals surface area (Å²) in [6.07, 6.45) is 0. The molecule has 27 heavy (non-hydrogen) atoms. The number of hydrogen-bond donors (Lipinski definition) is 1. The number of ether oxygens (including phenoxy) is 1. The van der Waals surface area contributed by atoms with Gasteiger partial charge in [0.25, 0.3) is 10.0 Å². The van der Waals surface area contributed by atoms with Crippen molar-refractivity contribution in [3.8, 4) is 17.6 Å². The highest BCUT2D eigenvalue weighted by atomic mass is 32.2. The predicted molar refractivity (Wildman–Crippen MR) is 107 cm³/mol. The van der Waals surface area contributed by atoms with Crippen LogP contribution in [0.4, 0.5) is 5.69 Å². The summed E-state index contributed by atoms with van der Waals surface area (Å²) in [5.74, 6) is 6.79. The standard InChI is InChI=1S/C22H19NO3S/c1-17-10-14-21(15-11-17)27(24,25)23-22-9-4-3-7-19(22)13-12-18-6-5-8-20(16-18)26-2/h3-11,14-16,23H,1-2H3. The molecular formula is C22H19NO3S. The van der Waals surface area contributed by atoms with Gasteiger partial charge in [0.05, 0.1) is 17.7 Å². The molecule has 0 saturated carbocycles. The number of hydrogen-bond acceptors (Lipinski definition) is 3. The molecule has 0 fully saturated rings. The molecule has 0 radical (unpaired) electrons. The summed E-state index contributed by atoms with van der Waals surface area (Å²) >= 11 is 0. The van der Waals surface area contributed by atoms with E-state index in [4.69, 9.17) is 4.74 Å². The first-order chi connectivity index (χ1) is 13.0. The van der Waals surface area contributed by atoms with Crippen LogP contribution in [0, 0.1) is 18.8 Å². The minimum absolute atomic E-state index is 0.212. The topological polar surface area (TPSA) is 55.4 Å². The summed E-state index contributed by atoms with van der Waals surface area (Å²) in [7, 11) is -2.09. The number of sulfonamides is 1. The van der Waals surface area contributed by atoms with Crippen LogP contribution in [0.1, 0.15) is 16.7 Å². The zero-order chi connectivity index (χ0) is 19.3. The number of rotatable bonds is 4. The number of nitrogens with one attached hydrogen (secondary N) is 1. The molecule has 3 rings (SSSR count). The summed E-state index contributed by atoms with van der Waals surface area (Å²) in [6, 6.07) is 21.2. The van der Waals surface area contributed by atoms with Crippen LogP contribution in [0.3, 0.4) is 0 Å². The van der Waals surface area contributed by atoms with E-state index < -0.39 is 10.0 Å². The molecule has 5 heteroatoms. The molecule has 0 atom stereocenters. The summed E-state index contributed by atoms with van der Waals surface area (Å²) in [4.78, 5) is 0.212. The largest absolute Gasteiger partial charge is 0.497 e. The summed E-state index contributed by atoms with van der Waals surface area (Å²) in [5.41, 5.74) is 2.81. The Morgan fingerprint density at radius 2 is 1.63 bits per heavy atom. The molecule has 0 aliphatic rings. The normalized spacial score (nSPS) is 10.6. The average Bonchev–Trinajstić information content (AvgIpc) is 2.67. The molecule has 1 N–H and O–H groups in total. The molecule has 4 nitrogen and oxygen atoms in total. The second-order valence-corrected chi connectivity index (χ2v) is 7.63. The minimum Gasteiger partial charge on any atom is -0.497 e. The molecule has 3 aromatic rings. The molecule has 0 bridgehead atoms. The van der Waals surface area contributed by atoms with Crippen LogP contribution < -0.4 is 9.46 Å². The highest BCUT2D eigenvalue weighted by Crippen LogP contribution is 2.20. The number of anilines is 1. The van der Waals surface area contributed by atoms with Crippen molar-refractivity contribution in [1.29, 1.82) is 0 Å². The Morgan fingerprint density at radius 3 is 2.37 bits per heavy atom. The second-order valence-electron chi connectivity index (χ2n) is 5.95. The fourth-order valence-electron chi connectivity index (χ4n) is 2.44. The van der Waals surface area contributed by atoms with Gasteiger partial charge in [0.1, 0.15) is 5.75 Å². The maximum absolute atomic E-state index is 12.6. The molecule has 0 spiro atoms. The van der Waals surface area contributed by atoms with Gasteiger partial charge in [-0.3, -0.25) is 4.72 Å². The number of aryl methyl sites for hydroxylation is 1. The first-order valence-corrected chi connectivity index (χ1v) is 9.81. The lowest BCUT2D eigenvalue weighted by Gasteiger charge is -2.10. The van der Waals surface area contributed by atoms with Crippen molar-refractivity contribution in [2.24, 2.45) is 0 Å². The van der Waals surface area contributed by atoms with E-state index in [1.165, 1.54) is 0 Å². The first-order valence-electron chi connectivity index (χ1n) is 8.32. The van der Waals surface area contributed by atoms with Crippen LogP contribution in [0.5, 0.6) is 5.75 Å². The first kappa shape index (κ1) is 18.6. The highest BCUT2D eigenvalue weighted by molar-refractivity contribution is 7.92. The molecule has 3 aromatic carbocycles. The third kappa shape index (κ3) is 4.69. The minimum atomic E-state index is -3.68. The molecule has 0 aliphatic carbocycles. The van der Waals surface area contributed by atoms with Crippen molar-refractivity contribution < 1.29 is 13.2 Å². The van der Waals surface area contributed by atoms with E-state index in [0.29, 0.717) is 11.3 Å². The SMILES string of the molecule is COc1cccc(C#Cc2ccccc2NS(=O)(=O)c2ccc(C)cc2)c1. The van der Waals surface area contributed by atoms with E-state index >= 15 is 0 Å². The van der Waals surface area contributed by atoms with E-state index in [2.05, 4.69) is 16.6 Å². The molecule has 0 aromatic heterocycles. The van der Waals surface area contributed by atoms with Gasteiger partial charge in [-0.05, 0) is 49.4 Å². The molecule has 0 saturated heterocycles. The van der Waals surface area contributed by atoms with Crippen LogP contribution in [-0.4, -0.2) is 15.5 Å². The van der Waals surface area contributed by atoms with Crippen molar-refractivity contribution in [2.75, 3.05) is 11.8 Å². The Hall–Kier alpha value is -3.23. The lowest BCUT2D eigenvalue weighted by molar-refractivity contribution is 0.414. The predicted octanol–water partition coefficient (Wildman–Crippen LogP) is 4.20. The monoisotopic (exact) mass is 377 g/mol. The molecule has 0 amide bonds. The highest BCUT2D eigenvalue weighted by Gasteiger charge is 2.15. The molecule has 0 heterocycles. The summed E-state index contributed by atoms with van der Waals surface area (Å²) in [5, 5.41) is 0. The maximum atomic E-state index is 12.6. The molecule has 0 aliphatic heterocycles. The lowest BCUT2D eigenvalue weighted by atomic mass is 10.1. The maximum Gasteiger partial charge on any atom is 0.261 e. The number of methoxy groups -OCH3 is 1. The van der Waals surface area contributed by atoms with Gasteiger partial charge in [0.2, 0.25) is 0 Å². The summed E-state index contributed by atoms with van der Waals surface area (Å²) < 4.78 is 33.1. The van der Waals surface area contributed by atoms with Gasteiger partial charge in [0.15, 0.2) is 0 Å². The van der Waals surface area contributed by atoms with E-state index in [9.17, 15) is 8.42 Å². The number of benzene rings is 3. The van der Waals surface area contributed by atoms with Gasteiger partial charge >= 0.3 is 0 Å². The third-order valence-electron chi connectivity index (χ3n) is 3.91. The fraction of sp³-hybridized carbons (Fsp3) is 0.0909. The van der Waals surface area contributed by atoms with Crippen molar-refractivity contribution in [2.45, 2.75) is 11.8 Å². The van der Waals surface area contributed by atoms with Crippen LogP contribution in [0.2, 0.25) is 0 Å². The lowest BCUT2D eigenvalue weighted by Crippen LogP contribution is -2.13. The number of para-hydroxylation sites is 1. The van der Waals surface area contributed by atoms with Gasteiger partial charge in [-0.2, -0.15) is 0 Å². The average molecular weight is 377 g/mol. The van der Waals surface area contributed by atoms with E-state index in [1.54, 1.807) is 49.6 Å². The van der Waals surface area contributed by atoms with Gasteiger partial charge < -0.3 is 4.74 Å². The Bertz CT molecular complexity index is 1110. The zero-order valence-electron chi connectivity index (χ0n) is 15.1. The quantitative estimate of drug-likeness (QED) is 0.693. The molecular weight excluding hydrogens is 358 g/mol. The van der Waals surface area contributed by atoms with Crippen LogP contribution in [0.15, 0.2) is 77.7 Å². The van der Waals surface area contributed by atoms with Crippen molar-refractivity contribution in [1.82, 2.24) is 0 Å².